The van der Waals surface area contributed by atoms with E-state index in [2.05, 4.69) is 27.6 Å². The minimum atomic E-state index is -1.64. The van der Waals surface area contributed by atoms with Crippen molar-refractivity contribution in [3.8, 4) is 17.7 Å². The molecule has 1 aliphatic carbocycles. The molecule has 5 atom stereocenters. The predicted molar refractivity (Wildman–Crippen MR) is 196 cm³/mol. The standard InChI is InChI=1S/C41H43N5O7/c1-25-22-33(45-53-25)35(47)42-32-19-9-7-5-6-8-14-26-20-21-41(26,39(50)52-40(2,3)4)44-36(48)34-23-27(24-46(34)38(32)49)51-37-30-17-11-10-15-28(30)29-16-12-13-18-31(29)43-37/h8,10-18,22,26-27,32,34H,5-7,9,19,23-24H2,1-4H3,(H,42,47)(H,44,48)/b14-8-/t26?,27-,32+,34+,41-/m1/s1. The van der Waals surface area contributed by atoms with E-state index in [9.17, 15) is 19.2 Å². The molecule has 3 aliphatic rings. The van der Waals surface area contributed by atoms with Gasteiger partial charge in [0.2, 0.25) is 23.2 Å². The molecule has 3 amide bonds. The summed E-state index contributed by atoms with van der Waals surface area (Å²) in [5.74, 6) is 3.92. The molecule has 0 saturated carbocycles. The number of allylic oxidation sites excluding steroid dienone is 1. The maximum Gasteiger partial charge on any atom is 0.346 e. The Morgan fingerprint density at radius 2 is 1.79 bits per heavy atom. The van der Waals surface area contributed by atoms with Gasteiger partial charge in [0.15, 0.2) is 5.69 Å². The minimum Gasteiger partial charge on any atom is -0.472 e. The van der Waals surface area contributed by atoms with Crippen LogP contribution >= 0.6 is 0 Å². The highest BCUT2D eigenvalue weighted by atomic mass is 16.6. The molecule has 0 bridgehead atoms. The minimum absolute atomic E-state index is 0.0314. The summed E-state index contributed by atoms with van der Waals surface area (Å²) in [5, 5.41) is 12.3. The van der Waals surface area contributed by atoms with Gasteiger partial charge >= 0.3 is 5.97 Å². The maximum absolute atomic E-state index is 14.6. The van der Waals surface area contributed by atoms with Crippen molar-refractivity contribution in [2.24, 2.45) is 5.92 Å². The molecule has 2 aromatic carbocycles. The van der Waals surface area contributed by atoms with Crippen LogP contribution in [-0.2, 0) is 19.1 Å². The number of aryl methyl sites for hydroxylation is 1. The molecule has 7 rings (SSSR count). The van der Waals surface area contributed by atoms with E-state index in [1.807, 2.05) is 60.7 Å². The quantitative estimate of drug-likeness (QED) is 0.123. The molecule has 1 saturated heterocycles. The van der Waals surface area contributed by atoms with E-state index in [-0.39, 0.29) is 18.7 Å². The molecule has 53 heavy (non-hydrogen) atoms. The molecule has 4 heterocycles. The molecule has 1 unspecified atom stereocenters. The lowest BCUT2D eigenvalue weighted by Crippen LogP contribution is -2.65. The summed E-state index contributed by atoms with van der Waals surface area (Å²) in [4.78, 5) is 62.5. The predicted octanol–water partition coefficient (Wildman–Crippen LogP) is 5.18. The molecule has 2 aliphatic heterocycles. The Hall–Kier alpha value is -5.70. The first-order valence-corrected chi connectivity index (χ1v) is 18.2. The Balaban J connectivity index is 1.24. The Morgan fingerprint density at radius 1 is 1.04 bits per heavy atom. The van der Waals surface area contributed by atoms with E-state index in [4.69, 9.17) is 19.0 Å². The van der Waals surface area contributed by atoms with Crippen molar-refractivity contribution in [1.29, 1.82) is 0 Å². The van der Waals surface area contributed by atoms with Crippen LogP contribution in [0.3, 0.4) is 0 Å². The monoisotopic (exact) mass is 717 g/mol. The van der Waals surface area contributed by atoms with Crippen molar-refractivity contribution < 1.29 is 33.2 Å². The number of pyridine rings is 1. The fourth-order valence-corrected chi connectivity index (χ4v) is 7.15. The van der Waals surface area contributed by atoms with Crippen LogP contribution in [0.25, 0.3) is 21.7 Å². The third-order valence-corrected chi connectivity index (χ3v) is 9.79. The molecule has 1 fully saturated rings. The Kier molecular flexibility index (Phi) is 9.68. The first-order valence-electron chi connectivity index (χ1n) is 18.2. The molecule has 2 N–H and O–H groups in total. The fourth-order valence-electron chi connectivity index (χ4n) is 7.15. The summed E-state index contributed by atoms with van der Waals surface area (Å²) >= 11 is 0. The number of rotatable bonds is 5. The SMILES string of the molecule is Cc1cc(C(=O)N[C@H]2CCCCC/C=C\C3C#C[C@@]3(C(=O)OC(C)(C)C)NC(=O)[C@@H]3C[C@@H](Oc4nc5ccccc5c5ccccc45)CN3C2=O)no1. The molecule has 274 valence electrons. The van der Waals surface area contributed by atoms with Crippen molar-refractivity contribution in [2.75, 3.05) is 6.54 Å². The van der Waals surface area contributed by atoms with Gasteiger partial charge in [-0.1, -0.05) is 78.4 Å². The lowest BCUT2D eigenvalue weighted by Gasteiger charge is -2.39. The van der Waals surface area contributed by atoms with Crippen LogP contribution in [0.4, 0.5) is 0 Å². The first-order chi connectivity index (χ1) is 25.4. The second kappa shape index (κ2) is 14.4. The number of aromatic nitrogens is 2. The van der Waals surface area contributed by atoms with E-state index in [1.165, 1.54) is 11.0 Å². The number of fused-ring (bicyclic) bond motifs is 5. The Bertz CT molecular complexity index is 2180. The number of carbonyl (C=O) groups is 4. The topological polar surface area (TPSA) is 153 Å². The van der Waals surface area contributed by atoms with Crippen LogP contribution in [-0.4, -0.2) is 74.6 Å². The zero-order chi connectivity index (χ0) is 37.3. The third kappa shape index (κ3) is 7.33. The second-order valence-electron chi connectivity index (χ2n) is 14.9. The van der Waals surface area contributed by atoms with Gasteiger partial charge in [-0.25, -0.2) is 9.78 Å². The summed E-state index contributed by atoms with van der Waals surface area (Å²) in [6.07, 6.45) is 6.56. The van der Waals surface area contributed by atoms with Gasteiger partial charge in [0, 0.05) is 23.3 Å². The first kappa shape index (κ1) is 35.7. The van der Waals surface area contributed by atoms with Crippen molar-refractivity contribution in [2.45, 2.75) is 95.5 Å². The number of amides is 3. The second-order valence-corrected chi connectivity index (χ2v) is 14.9. The van der Waals surface area contributed by atoms with Gasteiger partial charge in [0.1, 0.15) is 29.5 Å². The fraction of sp³-hybridized carbons (Fsp3) is 0.415. The van der Waals surface area contributed by atoms with Crippen LogP contribution in [0.15, 0.2) is 71.3 Å². The van der Waals surface area contributed by atoms with E-state index >= 15 is 0 Å². The van der Waals surface area contributed by atoms with Crippen LogP contribution in [0.2, 0.25) is 0 Å². The lowest BCUT2D eigenvalue weighted by atomic mass is 9.76. The van der Waals surface area contributed by atoms with Gasteiger partial charge < -0.3 is 29.5 Å². The van der Waals surface area contributed by atoms with Crippen LogP contribution in [0.5, 0.6) is 5.88 Å². The molecular weight excluding hydrogens is 674 g/mol. The molecule has 4 aromatic rings. The van der Waals surface area contributed by atoms with Crippen LogP contribution < -0.4 is 15.4 Å². The summed E-state index contributed by atoms with van der Waals surface area (Å²) in [6, 6.07) is 15.0. The third-order valence-electron chi connectivity index (χ3n) is 9.79. The summed E-state index contributed by atoms with van der Waals surface area (Å²) in [6.45, 7) is 6.97. The Labute approximate surface area is 307 Å². The average Bonchev–Trinajstić information content (AvgIpc) is 3.75. The summed E-state index contributed by atoms with van der Waals surface area (Å²) < 4.78 is 17.5. The van der Waals surface area contributed by atoms with Gasteiger partial charge in [-0.2, -0.15) is 0 Å². The van der Waals surface area contributed by atoms with Gasteiger partial charge in [0.05, 0.1) is 18.0 Å². The molecule has 0 spiro atoms. The molecule has 0 radical (unpaired) electrons. The number of ether oxygens (including phenoxy) is 2. The number of nitrogens with zero attached hydrogens (tertiary/aromatic N) is 3. The van der Waals surface area contributed by atoms with Gasteiger partial charge in [-0.15, -0.1) is 0 Å². The van der Waals surface area contributed by atoms with E-state index in [0.717, 1.165) is 34.5 Å². The van der Waals surface area contributed by atoms with Crippen molar-refractivity contribution in [1.82, 2.24) is 25.7 Å². The number of hydrogen-bond acceptors (Lipinski definition) is 9. The number of nitrogens with one attached hydrogen (secondary N) is 2. The molecule has 12 heteroatoms. The number of hydrogen-bond donors (Lipinski definition) is 2. The molecular formula is C41H43N5O7. The largest absolute Gasteiger partial charge is 0.472 e. The van der Waals surface area contributed by atoms with E-state index < -0.39 is 58.9 Å². The zero-order valence-electron chi connectivity index (χ0n) is 30.3. The number of carbonyl (C=O) groups excluding carboxylic acids is 4. The van der Waals surface area contributed by atoms with Crippen molar-refractivity contribution >= 4 is 45.4 Å². The highest BCUT2D eigenvalue weighted by Gasteiger charge is 2.54. The van der Waals surface area contributed by atoms with Gasteiger partial charge in [-0.05, 0) is 64.5 Å². The molecule has 2 aromatic heterocycles. The number of para-hydroxylation sites is 1. The molecule has 12 nitrogen and oxygen atoms in total. The number of esters is 1. The highest BCUT2D eigenvalue weighted by Crippen LogP contribution is 2.35. The van der Waals surface area contributed by atoms with Crippen LogP contribution in [0.1, 0.15) is 75.5 Å². The van der Waals surface area contributed by atoms with Crippen LogP contribution in [0, 0.1) is 24.7 Å². The Morgan fingerprint density at radius 3 is 2.51 bits per heavy atom. The highest BCUT2D eigenvalue weighted by molar-refractivity contribution is 6.07. The smallest absolute Gasteiger partial charge is 0.346 e. The van der Waals surface area contributed by atoms with Gasteiger partial charge in [0.25, 0.3) is 5.91 Å². The maximum atomic E-state index is 14.6. The van der Waals surface area contributed by atoms with E-state index in [1.54, 1.807) is 27.7 Å². The van der Waals surface area contributed by atoms with Crippen molar-refractivity contribution in [3.63, 3.8) is 0 Å². The summed E-state index contributed by atoms with van der Waals surface area (Å²) in [7, 11) is 0. The summed E-state index contributed by atoms with van der Waals surface area (Å²) in [5.41, 5.74) is -1.67. The van der Waals surface area contributed by atoms with Gasteiger partial charge in [-0.3, -0.25) is 14.4 Å². The van der Waals surface area contributed by atoms with Crippen molar-refractivity contribution in [3.05, 3.63) is 78.2 Å². The zero-order valence-corrected chi connectivity index (χ0v) is 30.3. The average molecular weight is 718 g/mol. The number of benzene rings is 2. The van der Waals surface area contributed by atoms with E-state index in [0.29, 0.717) is 30.9 Å². The lowest BCUT2D eigenvalue weighted by molar-refractivity contribution is -0.163. The normalized spacial score (nSPS) is 25.4.